The van der Waals surface area contributed by atoms with Crippen molar-refractivity contribution in [2.75, 3.05) is 20.3 Å². The van der Waals surface area contributed by atoms with Crippen LogP contribution in [0.2, 0.25) is 0 Å². The van der Waals surface area contributed by atoms with E-state index in [1.165, 1.54) is 24.8 Å². The number of nitrogens with one attached hydrogen (secondary N) is 1. The maximum absolute atomic E-state index is 5.61. The molecule has 0 aromatic heterocycles. The zero-order valence-electron chi connectivity index (χ0n) is 10.7. The van der Waals surface area contributed by atoms with Gasteiger partial charge in [-0.25, -0.2) is 0 Å². The maximum Gasteiger partial charge on any atom is 0.161 e. The number of piperidine rings is 1. The van der Waals surface area contributed by atoms with Crippen LogP contribution in [-0.4, -0.2) is 20.3 Å². The standard InChI is InChI=1S/C14H21NO2/c1-3-17-14-10-11(7-8-13(14)16-2)12-6-4-5-9-15-12/h7-8,10,12,15H,3-6,9H2,1-2H3. The molecule has 1 saturated heterocycles. The Labute approximate surface area is 103 Å². The van der Waals surface area contributed by atoms with E-state index in [1.807, 2.05) is 13.0 Å². The third-order valence-electron chi connectivity index (χ3n) is 3.20. The summed E-state index contributed by atoms with van der Waals surface area (Å²) in [5.41, 5.74) is 1.30. The number of hydrogen-bond acceptors (Lipinski definition) is 3. The third-order valence-corrected chi connectivity index (χ3v) is 3.20. The molecule has 0 bridgehead atoms. The lowest BCUT2D eigenvalue weighted by atomic mass is 9.97. The molecule has 1 atom stereocenters. The Hall–Kier alpha value is -1.22. The number of methoxy groups -OCH3 is 1. The molecule has 0 spiro atoms. The molecule has 1 N–H and O–H groups in total. The summed E-state index contributed by atoms with van der Waals surface area (Å²) in [6, 6.07) is 6.69. The Morgan fingerprint density at radius 3 is 2.82 bits per heavy atom. The van der Waals surface area contributed by atoms with Gasteiger partial charge >= 0.3 is 0 Å². The van der Waals surface area contributed by atoms with Crippen molar-refractivity contribution in [1.29, 1.82) is 0 Å². The smallest absolute Gasteiger partial charge is 0.161 e. The van der Waals surface area contributed by atoms with Crippen LogP contribution in [0.25, 0.3) is 0 Å². The van der Waals surface area contributed by atoms with Crippen LogP contribution in [0.5, 0.6) is 11.5 Å². The number of rotatable bonds is 4. The van der Waals surface area contributed by atoms with Gasteiger partial charge in [-0.15, -0.1) is 0 Å². The summed E-state index contributed by atoms with van der Waals surface area (Å²) in [4.78, 5) is 0. The zero-order valence-corrected chi connectivity index (χ0v) is 10.7. The molecule has 0 radical (unpaired) electrons. The van der Waals surface area contributed by atoms with Crippen LogP contribution in [0.1, 0.15) is 37.8 Å². The van der Waals surface area contributed by atoms with E-state index in [0.29, 0.717) is 12.6 Å². The summed E-state index contributed by atoms with van der Waals surface area (Å²) in [6.07, 6.45) is 3.79. The normalized spacial score (nSPS) is 20.0. The van der Waals surface area contributed by atoms with Gasteiger partial charge in [0.25, 0.3) is 0 Å². The minimum Gasteiger partial charge on any atom is -0.493 e. The molecule has 1 aromatic carbocycles. The largest absolute Gasteiger partial charge is 0.493 e. The fourth-order valence-corrected chi connectivity index (χ4v) is 2.31. The second kappa shape index (κ2) is 5.92. The van der Waals surface area contributed by atoms with Gasteiger partial charge in [0.05, 0.1) is 13.7 Å². The van der Waals surface area contributed by atoms with Gasteiger partial charge in [0.1, 0.15) is 0 Å². The zero-order chi connectivity index (χ0) is 12.1. The second-order valence-corrected chi connectivity index (χ2v) is 4.35. The lowest BCUT2D eigenvalue weighted by molar-refractivity contribution is 0.309. The van der Waals surface area contributed by atoms with Crippen LogP contribution in [0.15, 0.2) is 18.2 Å². The molecule has 0 amide bonds. The first-order valence-corrected chi connectivity index (χ1v) is 6.39. The molecule has 1 aromatic rings. The summed E-state index contributed by atoms with van der Waals surface area (Å²) in [5.74, 6) is 1.66. The molecule has 0 saturated carbocycles. The first-order valence-electron chi connectivity index (χ1n) is 6.39. The van der Waals surface area contributed by atoms with Crippen molar-refractivity contribution in [3.63, 3.8) is 0 Å². The van der Waals surface area contributed by atoms with Crippen molar-refractivity contribution in [1.82, 2.24) is 5.32 Å². The SMILES string of the molecule is CCOc1cc(C2CCCCN2)ccc1OC. The molecule has 3 heteroatoms. The fourth-order valence-electron chi connectivity index (χ4n) is 2.31. The van der Waals surface area contributed by atoms with E-state index in [4.69, 9.17) is 9.47 Å². The van der Waals surface area contributed by atoms with Crippen LogP contribution in [0.3, 0.4) is 0 Å². The molecule has 1 unspecified atom stereocenters. The molecule has 2 rings (SSSR count). The molecule has 1 aliphatic rings. The highest BCUT2D eigenvalue weighted by atomic mass is 16.5. The van der Waals surface area contributed by atoms with Crippen LogP contribution < -0.4 is 14.8 Å². The second-order valence-electron chi connectivity index (χ2n) is 4.35. The van der Waals surface area contributed by atoms with Crippen LogP contribution in [-0.2, 0) is 0 Å². The van der Waals surface area contributed by atoms with Gasteiger partial charge < -0.3 is 14.8 Å². The lowest BCUT2D eigenvalue weighted by Gasteiger charge is -2.24. The molecule has 1 fully saturated rings. The van der Waals surface area contributed by atoms with E-state index in [1.54, 1.807) is 7.11 Å². The Balaban J connectivity index is 2.19. The van der Waals surface area contributed by atoms with Crippen molar-refractivity contribution in [2.45, 2.75) is 32.2 Å². The van der Waals surface area contributed by atoms with Crippen molar-refractivity contribution >= 4 is 0 Å². The van der Waals surface area contributed by atoms with E-state index in [0.717, 1.165) is 18.0 Å². The van der Waals surface area contributed by atoms with E-state index < -0.39 is 0 Å². The average molecular weight is 235 g/mol. The Morgan fingerprint density at radius 2 is 2.18 bits per heavy atom. The minimum absolute atomic E-state index is 0.467. The molecule has 1 aliphatic heterocycles. The highest BCUT2D eigenvalue weighted by Crippen LogP contribution is 2.32. The molecule has 1 heterocycles. The van der Waals surface area contributed by atoms with Crippen molar-refractivity contribution in [3.8, 4) is 11.5 Å². The number of hydrogen-bond donors (Lipinski definition) is 1. The number of ether oxygens (including phenoxy) is 2. The highest BCUT2D eigenvalue weighted by Gasteiger charge is 2.16. The molecule has 94 valence electrons. The van der Waals surface area contributed by atoms with Gasteiger partial charge in [-0.05, 0) is 44.0 Å². The first-order chi connectivity index (χ1) is 8.35. The third kappa shape index (κ3) is 2.91. The Kier molecular flexibility index (Phi) is 4.26. The molecular formula is C14H21NO2. The average Bonchev–Trinajstić information content (AvgIpc) is 2.40. The summed E-state index contributed by atoms with van der Waals surface area (Å²) >= 11 is 0. The van der Waals surface area contributed by atoms with Gasteiger partial charge in [-0.2, -0.15) is 0 Å². The van der Waals surface area contributed by atoms with Crippen molar-refractivity contribution in [3.05, 3.63) is 23.8 Å². The Bertz CT molecular complexity index is 359. The molecule has 3 nitrogen and oxygen atoms in total. The van der Waals surface area contributed by atoms with Gasteiger partial charge in [0.15, 0.2) is 11.5 Å². The van der Waals surface area contributed by atoms with Crippen LogP contribution in [0, 0.1) is 0 Å². The molecule has 0 aliphatic carbocycles. The topological polar surface area (TPSA) is 30.5 Å². The van der Waals surface area contributed by atoms with Gasteiger partial charge in [0, 0.05) is 6.04 Å². The highest BCUT2D eigenvalue weighted by molar-refractivity contribution is 5.43. The van der Waals surface area contributed by atoms with Gasteiger partial charge in [0.2, 0.25) is 0 Å². The van der Waals surface area contributed by atoms with E-state index in [-0.39, 0.29) is 0 Å². The molecule has 17 heavy (non-hydrogen) atoms. The van der Waals surface area contributed by atoms with Gasteiger partial charge in [-0.3, -0.25) is 0 Å². The predicted molar refractivity (Wildman–Crippen MR) is 68.8 cm³/mol. The van der Waals surface area contributed by atoms with E-state index in [2.05, 4.69) is 17.4 Å². The molecular weight excluding hydrogens is 214 g/mol. The summed E-state index contributed by atoms with van der Waals surface area (Å²) in [6.45, 7) is 3.77. The summed E-state index contributed by atoms with van der Waals surface area (Å²) in [7, 11) is 1.68. The fraction of sp³-hybridized carbons (Fsp3) is 0.571. The minimum atomic E-state index is 0.467. The summed E-state index contributed by atoms with van der Waals surface area (Å²) in [5, 5.41) is 3.55. The van der Waals surface area contributed by atoms with E-state index in [9.17, 15) is 0 Å². The van der Waals surface area contributed by atoms with Gasteiger partial charge in [-0.1, -0.05) is 12.5 Å². The lowest BCUT2D eigenvalue weighted by Crippen LogP contribution is -2.26. The quantitative estimate of drug-likeness (QED) is 0.870. The van der Waals surface area contributed by atoms with E-state index >= 15 is 0 Å². The van der Waals surface area contributed by atoms with Crippen LogP contribution in [0.4, 0.5) is 0 Å². The summed E-state index contributed by atoms with van der Waals surface area (Å²) < 4.78 is 10.9. The van der Waals surface area contributed by atoms with Crippen molar-refractivity contribution < 1.29 is 9.47 Å². The predicted octanol–water partition coefficient (Wildman–Crippen LogP) is 2.91. The maximum atomic E-state index is 5.61. The van der Waals surface area contributed by atoms with Crippen LogP contribution >= 0.6 is 0 Å². The first kappa shape index (κ1) is 12.2. The Morgan fingerprint density at radius 1 is 1.29 bits per heavy atom. The number of benzene rings is 1. The van der Waals surface area contributed by atoms with Crippen molar-refractivity contribution in [2.24, 2.45) is 0 Å². The monoisotopic (exact) mass is 235 g/mol.